The SMILES string of the molecule is COc1ccc(/C=C2/NC(=S)N(c3ccccc3)C2=O)cc1COc1ccc2c(c1)CCC2. The molecule has 1 aliphatic heterocycles. The first-order chi connectivity index (χ1) is 16.1. The van der Waals surface area contributed by atoms with Gasteiger partial charge in [-0.1, -0.05) is 30.3 Å². The number of carbonyl (C=O) groups is 1. The highest BCUT2D eigenvalue weighted by atomic mass is 32.1. The number of fused-ring (bicyclic) bond motifs is 1. The summed E-state index contributed by atoms with van der Waals surface area (Å²) in [7, 11) is 1.64. The molecule has 0 spiro atoms. The van der Waals surface area contributed by atoms with Gasteiger partial charge < -0.3 is 14.8 Å². The summed E-state index contributed by atoms with van der Waals surface area (Å²) < 4.78 is 11.6. The first-order valence-corrected chi connectivity index (χ1v) is 11.4. The lowest BCUT2D eigenvalue weighted by Crippen LogP contribution is -2.30. The smallest absolute Gasteiger partial charge is 0.281 e. The zero-order chi connectivity index (χ0) is 22.8. The van der Waals surface area contributed by atoms with E-state index in [1.54, 1.807) is 13.2 Å². The van der Waals surface area contributed by atoms with E-state index in [4.69, 9.17) is 21.7 Å². The molecular formula is C27H24N2O3S. The molecule has 0 unspecified atom stereocenters. The highest BCUT2D eigenvalue weighted by Gasteiger charge is 2.31. The first-order valence-electron chi connectivity index (χ1n) is 11.0. The molecule has 0 saturated carbocycles. The summed E-state index contributed by atoms with van der Waals surface area (Å²) in [6, 6.07) is 21.5. The molecule has 0 radical (unpaired) electrons. The molecule has 5 rings (SSSR count). The fraction of sp³-hybridized carbons (Fsp3) is 0.185. The summed E-state index contributed by atoms with van der Waals surface area (Å²) in [6.07, 6.45) is 5.27. The van der Waals surface area contributed by atoms with Gasteiger partial charge in [0.25, 0.3) is 5.91 Å². The number of methoxy groups -OCH3 is 1. The van der Waals surface area contributed by atoms with Gasteiger partial charge in [0.1, 0.15) is 23.8 Å². The Labute approximate surface area is 198 Å². The molecule has 33 heavy (non-hydrogen) atoms. The minimum absolute atomic E-state index is 0.182. The maximum absolute atomic E-state index is 13.0. The normalized spacial score (nSPS) is 16.2. The number of rotatable bonds is 6. The van der Waals surface area contributed by atoms with E-state index in [1.165, 1.54) is 22.4 Å². The van der Waals surface area contributed by atoms with Crippen molar-refractivity contribution >= 4 is 35.0 Å². The van der Waals surface area contributed by atoms with Crippen molar-refractivity contribution in [1.82, 2.24) is 5.32 Å². The van der Waals surface area contributed by atoms with Crippen LogP contribution in [0.25, 0.3) is 6.08 Å². The van der Waals surface area contributed by atoms with E-state index in [2.05, 4.69) is 17.4 Å². The molecule has 1 heterocycles. The van der Waals surface area contributed by atoms with Crippen molar-refractivity contribution in [1.29, 1.82) is 0 Å². The fourth-order valence-electron chi connectivity index (χ4n) is 4.31. The Kier molecular flexibility index (Phi) is 5.84. The second-order valence-corrected chi connectivity index (χ2v) is 8.50. The molecule has 1 aliphatic carbocycles. The van der Waals surface area contributed by atoms with Gasteiger partial charge in [0.05, 0.1) is 12.8 Å². The number of anilines is 1. The van der Waals surface area contributed by atoms with Crippen molar-refractivity contribution in [3.05, 3.63) is 94.7 Å². The van der Waals surface area contributed by atoms with Crippen LogP contribution in [-0.4, -0.2) is 18.1 Å². The molecule has 3 aromatic rings. The van der Waals surface area contributed by atoms with E-state index in [1.807, 2.05) is 54.6 Å². The van der Waals surface area contributed by atoms with Gasteiger partial charge >= 0.3 is 0 Å². The monoisotopic (exact) mass is 456 g/mol. The van der Waals surface area contributed by atoms with Crippen LogP contribution in [0.1, 0.15) is 28.7 Å². The van der Waals surface area contributed by atoms with Crippen LogP contribution < -0.4 is 19.7 Å². The number of amides is 1. The van der Waals surface area contributed by atoms with Crippen LogP contribution in [0.3, 0.4) is 0 Å². The van der Waals surface area contributed by atoms with Crippen molar-refractivity contribution < 1.29 is 14.3 Å². The third kappa shape index (κ3) is 4.34. The molecule has 2 aliphatic rings. The maximum Gasteiger partial charge on any atom is 0.281 e. The lowest BCUT2D eigenvalue weighted by atomic mass is 10.1. The molecule has 0 aromatic heterocycles. The number of nitrogens with zero attached hydrogens (tertiary/aromatic N) is 1. The zero-order valence-electron chi connectivity index (χ0n) is 18.3. The summed E-state index contributed by atoms with van der Waals surface area (Å²) in [5.41, 5.74) is 5.73. The summed E-state index contributed by atoms with van der Waals surface area (Å²) in [4.78, 5) is 14.5. The summed E-state index contributed by atoms with van der Waals surface area (Å²) in [5, 5.41) is 3.40. The predicted molar refractivity (Wildman–Crippen MR) is 133 cm³/mol. The van der Waals surface area contributed by atoms with Crippen LogP contribution in [0.2, 0.25) is 0 Å². The van der Waals surface area contributed by atoms with Crippen molar-refractivity contribution in [3.63, 3.8) is 0 Å². The van der Waals surface area contributed by atoms with Crippen LogP contribution in [0, 0.1) is 0 Å². The summed E-state index contributed by atoms with van der Waals surface area (Å²) in [6.45, 7) is 0.370. The number of ether oxygens (including phenoxy) is 2. The lowest BCUT2D eigenvalue weighted by Gasteiger charge is -2.13. The Morgan fingerprint density at radius 3 is 2.67 bits per heavy atom. The molecule has 1 N–H and O–H groups in total. The molecular weight excluding hydrogens is 432 g/mol. The van der Waals surface area contributed by atoms with Gasteiger partial charge in [0.15, 0.2) is 5.11 Å². The van der Waals surface area contributed by atoms with E-state index in [0.29, 0.717) is 17.4 Å². The van der Waals surface area contributed by atoms with E-state index in [-0.39, 0.29) is 5.91 Å². The van der Waals surface area contributed by atoms with Crippen LogP contribution in [0.5, 0.6) is 11.5 Å². The second kappa shape index (κ2) is 9.08. The Morgan fingerprint density at radius 1 is 1.03 bits per heavy atom. The van der Waals surface area contributed by atoms with Gasteiger partial charge in [-0.3, -0.25) is 9.69 Å². The molecule has 3 aromatic carbocycles. The maximum atomic E-state index is 13.0. The molecule has 1 amide bonds. The number of hydrogen-bond donors (Lipinski definition) is 1. The highest BCUT2D eigenvalue weighted by molar-refractivity contribution is 7.80. The van der Waals surface area contributed by atoms with Gasteiger partial charge in [0.2, 0.25) is 0 Å². The topological polar surface area (TPSA) is 50.8 Å². The standard InChI is InChI=1S/C27H24N2O3S/c1-31-25-13-10-18(14-21(25)17-32-23-12-11-19-6-5-7-20(19)16-23)15-24-26(30)29(27(33)28-24)22-8-3-2-4-9-22/h2-4,8-16H,5-7,17H2,1H3,(H,28,33)/b24-15+. The van der Waals surface area contributed by atoms with Crippen molar-refractivity contribution in [2.75, 3.05) is 12.0 Å². The van der Waals surface area contributed by atoms with Crippen molar-refractivity contribution in [3.8, 4) is 11.5 Å². The largest absolute Gasteiger partial charge is 0.496 e. The van der Waals surface area contributed by atoms with Crippen LogP contribution in [0.4, 0.5) is 5.69 Å². The van der Waals surface area contributed by atoms with E-state index < -0.39 is 0 Å². The molecule has 0 bridgehead atoms. The lowest BCUT2D eigenvalue weighted by molar-refractivity contribution is -0.113. The number of aryl methyl sites for hydroxylation is 2. The fourth-order valence-corrected chi connectivity index (χ4v) is 4.61. The molecule has 166 valence electrons. The average molecular weight is 457 g/mol. The first kappa shape index (κ1) is 21.2. The molecule has 6 heteroatoms. The van der Waals surface area contributed by atoms with Crippen molar-refractivity contribution in [2.24, 2.45) is 0 Å². The summed E-state index contributed by atoms with van der Waals surface area (Å²) >= 11 is 5.40. The predicted octanol–water partition coefficient (Wildman–Crippen LogP) is 5.03. The highest BCUT2D eigenvalue weighted by Crippen LogP contribution is 2.28. The van der Waals surface area contributed by atoms with E-state index in [0.717, 1.165) is 41.2 Å². The van der Waals surface area contributed by atoms with E-state index in [9.17, 15) is 4.79 Å². The second-order valence-electron chi connectivity index (χ2n) is 8.11. The number of benzene rings is 3. The third-order valence-electron chi connectivity index (χ3n) is 5.97. The van der Waals surface area contributed by atoms with Gasteiger partial charge in [-0.2, -0.15) is 0 Å². The van der Waals surface area contributed by atoms with E-state index >= 15 is 0 Å². The average Bonchev–Trinajstić information content (AvgIpc) is 3.41. The Morgan fingerprint density at radius 2 is 1.85 bits per heavy atom. The van der Waals surface area contributed by atoms with Gasteiger partial charge in [-0.05, 0) is 90.6 Å². The third-order valence-corrected chi connectivity index (χ3v) is 6.26. The number of nitrogens with one attached hydrogen (secondary N) is 1. The van der Waals surface area contributed by atoms with Crippen LogP contribution >= 0.6 is 12.2 Å². The van der Waals surface area contributed by atoms with Crippen molar-refractivity contribution in [2.45, 2.75) is 25.9 Å². The summed E-state index contributed by atoms with van der Waals surface area (Å²) in [5.74, 6) is 1.42. The molecule has 0 atom stereocenters. The minimum Gasteiger partial charge on any atom is -0.496 e. The number of thiocarbonyl (C=S) groups is 1. The number of hydrogen-bond acceptors (Lipinski definition) is 4. The molecule has 1 saturated heterocycles. The van der Waals surface area contributed by atoms with Gasteiger partial charge in [-0.25, -0.2) is 0 Å². The molecule has 1 fully saturated rings. The minimum atomic E-state index is -0.182. The van der Waals surface area contributed by atoms with Crippen LogP contribution in [0.15, 0.2) is 72.4 Å². The number of para-hydroxylation sites is 1. The van der Waals surface area contributed by atoms with Gasteiger partial charge in [-0.15, -0.1) is 0 Å². The van der Waals surface area contributed by atoms with Crippen LogP contribution in [-0.2, 0) is 24.2 Å². The molecule has 5 nitrogen and oxygen atoms in total. The Hall–Kier alpha value is -3.64. The van der Waals surface area contributed by atoms with Gasteiger partial charge in [0, 0.05) is 5.56 Å². The zero-order valence-corrected chi connectivity index (χ0v) is 19.2. The number of carbonyl (C=O) groups excluding carboxylic acids is 1. The quantitative estimate of drug-likeness (QED) is 0.417. The Balaban J connectivity index is 1.36. The Bertz CT molecular complexity index is 1250.